The molecule has 0 aliphatic heterocycles. The maximum absolute atomic E-state index is 9.16. The van der Waals surface area contributed by atoms with Crippen molar-refractivity contribution in [2.45, 2.75) is 32.7 Å². The number of hydrogen-bond acceptors (Lipinski definition) is 3. The highest BCUT2D eigenvalue weighted by Gasteiger charge is 2.07. The van der Waals surface area contributed by atoms with Gasteiger partial charge < -0.3 is 14.6 Å². The Hall–Kier alpha value is -0.900. The zero-order valence-corrected chi connectivity index (χ0v) is 9.22. The Bertz CT molecular complexity index is 259. The van der Waals surface area contributed by atoms with Gasteiger partial charge in [0.2, 0.25) is 0 Å². The van der Waals surface area contributed by atoms with Crippen molar-refractivity contribution in [3.05, 3.63) is 35.9 Å². The summed E-state index contributed by atoms with van der Waals surface area (Å²) in [6.45, 7) is 4.26. The van der Waals surface area contributed by atoms with Crippen molar-refractivity contribution in [1.82, 2.24) is 0 Å². The summed E-state index contributed by atoms with van der Waals surface area (Å²) in [6.07, 6.45) is -0.661. The molecule has 1 aromatic carbocycles. The highest BCUT2D eigenvalue weighted by atomic mass is 16.7. The van der Waals surface area contributed by atoms with Crippen molar-refractivity contribution in [3.63, 3.8) is 0 Å². The largest absolute Gasteiger partial charge is 0.391 e. The Morgan fingerprint density at radius 3 is 2.47 bits per heavy atom. The molecule has 0 heterocycles. The quantitative estimate of drug-likeness (QED) is 0.576. The molecular formula is C12H18O3. The maximum atomic E-state index is 9.16. The zero-order chi connectivity index (χ0) is 11.1. The van der Waals surface area contributed by atoms with Crippen molar-refractivity contribution in [2.75, 3.05) is 6.79 Å². The van der Waals surface area contributed by atoms with Gasteiger partial charge in [-0.15, -0.1) is 0 Å². The van der Waals surface area contributed by atoms with Gasteiger partial charge in [0.1, 0.15) is 6.79 Å². The maximum Gasteiger partial charge on any atom is 0.147 e. The predicted molar refractivity (Wildman–Crippen MR) is 58.3 cm³/mol. The van der Waals surface area contributed by atoms with Crippen molar-refractivity contribution in [3.8, 4) is 0 Å². The van der Waals surface area contributed by atoms with Gasteiger partial charge in [0.25, 0.3) is 0 Å². The lowest BCUT2D eigenvalue weighted by Gasteiger charge is -2.15. The summed E-state index contributed by atoms with van der Waals surface area (Å²) in [5.74, 6) is 0. The van der Waals surface area contributed by atoms with Crippen LogP contribution in [-0.2, 0) is 16.1 Å². The van der Waals surface area contributed by atoms with E-state index in [-0.39, 0.29) is 12.9 Å². The molecule has 0 aliphatic carbocycles. The van der Waals surface area contributed by atoms with Crippen LogP contribution in [0.5, 0.6) is 0 Å². The SMILES string of the molecule is C[C@@H](O)[C@@H](C)OCOCc1ccccc1. The summed E-state index contributed by atoms with van der Waals surface area (Å²) in [7, 11) is 0. The van der Waals surface area contributed by atoms with E-state index in [4.69, 9.17) is 14.6 Å². The highest BCUT2D eigenvalue weighted by Crippen LogP contribution is 2.02. The van der Waals surface area contributed by atoms with E-state index in [2.05, 4.69) is 0 Å². The van der Waals surface area contributed by atoms with Crippen LogP contribution >= 0.6 is 0 Å². The van der Waals surface area contributed by atoms with Crippen LogP contribution in [0.1, 0.15) is 19.4 Å². The first kappa shape index (κ1) is 12.2. The van der Waals surface area contributed by atoms with Gasteiger partial charge >= 0.3 is 0 Å². The summed E-state index contributed by atoms with van der Waals surface area (Å²) in [6, 6.07) is 9.90. The van der Waals surface area contributed by atoms with Crippen LogP contribution in [0.2, 0.25) is 0 Å². The number of rotatable bonds is 6. The third kappa shape index (κ3) is 4.93. The molecule has 1 rings (SSSR count). The van der Waals surface area contributed by atoms with Gasteiger partial charge in [0.15, 0.2) is 0 Å². The first-order chi connectivity index (χ1) is 7.20. The van der Waals surface area contributed by atoms with Gasteiger partial charge in [-0.05, 0) is 19.4 Å². The van der Waals surface area contributed by atoms with Gasteiger partial charge in [-0.2, -0.15) is 0 Å². The number of benzene rings is 1. The lowest BCUT2D eigenvalue weighted by atomic mass is 10.2. The molecule has 0 saturated carbocycles. The second-order valence-corrected chi connectivity index (χ2v) is 3.56. The molecule has 2 atom stereocenters. The lowest BCUT2D eigenvalue weighted by molar-refractivity contribution is -0.119. The molecule has 0 aliphatic rings. The van der Waals surface area contributed by atoms with E-state index >= 15 is 0 Å². The van der Waals surface area contributed by atoms with Crippen LogP contribution < -0.4 is 0 Å². The summed E-state index contributed by atoms with van der Waals surface area (Å²) >= 11 is 0. The van der Waals surface area contributed by atoms with Crippen LogP contribution in [0.25, 0.3) is 0 Å². The van der Waals surface area contributed by atoms with E-state index in [9.17, 15) is 0 Å². The van der Waals surface area contributed by atoms with Gasteiger partial charge in [-0.1, -0.05) is 30.3 Å². The Balaban J connectivity index is 2.12. The fourth-order valence-electron chi connectivity index (χ4n) is 1.03. The average Bonchev–Trinajstić information content (AvgIpc) is 2.25. The molecular weight excluding hydrogens is 192 g/mol. The van der Waals surface area contributed by atoms with E-state index in [0.717, 1.165) is 5.56 Å². The summed E-state index contributed by atoms with van der Waals surface area (Å²) in [5, 5.41) is 9.16. The average molecular weight is 210 g/mol. The van der Waals surface area contributed by atoms with Gasteiger partial charge in [0, 0.05) is 0 Å². The van der Waals surface area contributed by atoms with Crippen molar-refractivity contribution < 1.29 is 14.6 Å². The first-order valence-electron chi connectivity index (χ1n) is 5.11. The second-order valence-electron chi connectivity index (χ2n) is 3.56. The lowest BCUT2D eigenvalue weighted by Crippen LogP contribution is -2.23. The Labute approximate surface area is 90.6 Å². The molecule has 0 spiro atoms. The molecule has 3 nitrogen and oxygen atoms in total. The van der Waals surface area contributed by atoms with E-state index in [1.165, 1.54) is 0 Å². The summed E-state index contributed by atoms with van der Waals surface area (Å²) < 4.78 is 10.6. The molecule has 15 heavy (non-hydrogen) atoms. The van der Waals surface area contributed by atoms with Crippen molar-refractivity contribution in [1.29, 1.82) is 0 Å². The first-order valence-corrected chi connectivity index (χ1v) is 5.11. The molecule has 0 saturated heterocycles. The second kappa shape index (κ2) is 6.56. The van der Waals surface area contributed by atoms with Gasteiger partial charge in [-0.3, -0.25) is 0 Å². The smallest absolute Gasteiger partial charge is 0.147 e. The molecule has 0 unspecified atom stereocenters. The molecule has 0 bridgehead atoms. The highest BCUT2D eigenvalue weighted by molar-refractivity contribution is 5.13. The third-order valence-corrected chi connectivity index (χ3v) is 2.21. The van der Waals surface area contributed by atoms with E-state index in [1.807, 2.05) is 37.3 Å². The minimum absolute atomic E-state index is 0.194. The minimum Gasteiger partial charge on any atom is -0.391 e. The van der Waals surface area contributed by atoms with E-state index in [0.29, 0.717) is 6.61 Å². The molecule has 0 radical (unpaired) electrons. The van der Waals surface area contributed by atoms with Crippen LogP contribution in [0.4, 0.5) is 0 Å². The van der Waals surface area contributed by atoms with Gasteiger partial charge in [-0.25, -0.2) is 0 Å². The van der Waals surface area contributed by atoms with Crippen LogP contribution in [0.3, 0.4) is 0 Å². The van der Waals surface area contributed by atoms with Gasteiger partial charge in [0.05, 0.1) is 18.8 Å². The van der Waals surface area contributed by atoms with E-state index in [1.54, 1.807) is 6.92 Å². The number of hydrogen-bond donors (Lipinski definition) is 1. The Morgan fingerprint density at radius 1 is 1.20 bits per heavy atom. The minimum atomic E-state index is -0.467. The van der Waals surface area contributed by atoms with Crippen molar-refractivity contribution in [2.24, 2.45) is 0 Å². The number of ether oxygens (including phenoxy) is 2. The van der Waals surface area contributed by atoms with Crippen molar-refractivity contribution >= 4 is 0 Å². The molecule has 0 fully saturated rings. The summed E-state index contributed by atoms with van der Waals surface area (Å²) in [4.78, 5) is 0. The number of aliphatic hydroxyl groups is 1. The number of aliphatic hydroxyl groups excluding tert-OH is 1. The molecule has 1 aromatic rings. The fourth-order valence-corrected chi connectivity index (χ4v) is 1.03. The fraction of sp³-hybridized carbons (Fsp3) is 0.500. The molecule has 84 valence electrons. The molecule has 0 amide bonds. The third-order valence-electron chi connectivity index (χ3n) is 2.21. The molecule has 3 heteroatoms. The van der Waals surface area contributed by atoms with Crippen LogP contribution in [0.15, 0.2) is 30.3 Å². The standard InChI is InChI=1S/C12H18O3/c1-10(13)11(2)15-9-14-8-12-6-4-3-5-7-12/h3-7,10-11,13H,8-9H2,1-2H3/t10-,11-/m1/s1. The van der Waals surface area contributed by atoms with Crippen LogP contribution in [-0.4, -0.2) is 24.1 Å². The zero-order valence-electron chi connectivity index (χ0n) is 9.22. The predicted octanol–water partition coefficient (Wildman–Crippen LogP) is 1.95. The molecule has 1 N–H and O–H groups in total. The Morgan fingerprint density at radius 2 is 1.87 bits per heavy atom. The molecule has 0 aromatic heterocycles. The monoisotopic (exact) mass is 210 g/mol. The Kier molecular flexibility index (Phi) is 5.32. The normalized spacial score (nSPS) is 14.9. The topological polar surface area (TPSA) is 38.7 Å². The van der Waals surface area contributed by atoms with Crippen LogP contribution in [0, 0.1) is 0 Å². The van der Waals surface area contributed by atoms with E-state index < -0.39 is 6.10 Å². The summed E-state index contributed by atoms with van der Waals surface area (Å²) in [5.41, 5.74) is 1.12.